The topological polar surface area (TPSA) is 46.2 Å². The van der Waals surface area contributed by atoms with Gasteiger partial charge in [0.05, 0.1) is 4.47 Å². The predicted molar refractivity (Wildman–Crippen MR) is 60.2 cm³/mol. The lowest BCUT2D eigenvalue weighted by Gasteiger charge is -2.11. The van der Waals surface area contributed by atoms with E-state index in [9.17, 15) is 9.50 Å². The minimum absolute atomic E-state index is 0. The normalized spacial score (nSPS) is 12.0. The minimum atomic E-state index is -0.651. The molecule has 3 N–H and O–H groups in total. The van der Waals surface area contributed by atoms with Crippen LogP contribution in [0.15, 0.2) is 16.6 Å². The first-order valence-electron chi connectivity index (χ1n) is 4.00. The molecule has 0 saturated heterocycles. The molecular formula is C9H12BrClFNO. The second-order valence-electron chi connectivity index (χ2n) is 2.81. The van der Waals surface area contributed by atoms with Crippen LogP contribution in [0, 0.1) is 5.82 Å². The van der Waals surface area contributed by atoms with Crippen molar-refractivity contribution in [2.75, 3.05) is 0 Å². The number of phenolic OH excluding ortho intramolecular Hbond substituents is 1. The summed E-state index contributed by atoms with van der Waals surface area (Å²) in [5.41, 5.74) is 6.12. The van der Waals surface area contributed by atoms with Gasteiger partial charge in [-0.3, -0.25) is 0 Å². The van der Waals surface area contributed by atoms with Crippen molar-refractivity contribution in [1.29, 1.82) is 0 Å². The van der Waals surface area contributed by atoms with Crippen LogP contribution >= 0.6 is 28.3 Å². The van der Waals surface area contributed by atoms with Crippen molar-refractivity contribution in [2.24, 2.45) is 5.73 Å². The lowest BCUT2D eigenvalue weighted by atomic mass is 10.0. The molecule has 0 heterocycles. The summed E-state index contributed by atoms with van der Waals surface area (Å²) < 4.78 is 13.4. The molecule has 2 nitrogen and oxygen atoms in total. The molecule has 0 spiro atoms. The van der Waals surface area contributed by atoms with Crippen molar-refractivity contribution in [3.63, 3.8) is 0 Å². The average Bonchev–Trinajstić information content (AvgIpc) is 2.13. The van der Waals surface area contributed by atoms with Crippen LogP contribution in [0.25, 0.3) is 0 Å². The van der Waals surface area contributed by atoms with Gasteiger partial charge in [-0.25, -0.2) is 4.39 Å². The van der Waals surface area contributed by atoms with E-state index < -0.39 is 5.82 Å². The van der Waals surface area contributed by atoms with Crippen molar-refractivity contribution >= 4 is 28.3 Å². The summed E-state index contributed by atoms with van der Waals surface area (Å²) in [6, 6.07) is 2.85. The van der Waals surface area contributed by atoms with E-state index in [2.05, 4.69) is 15.9 Å². The minimum Gasteiger partial charge on any atom is -0.505 e. The molecule has 0 aliphatic rings. The average molecular weight is 285 g/mol. The molecule has 80 valence electrons. The van der Waals surface area contributed by atoms with Gasteiger partial charge in [0.2, 0.25) is 0 Å². The van der Waals surface area contributed by atoms with Gasteiger partial charge < -0.3 is 10.8 Å². The monoisotopic (exact) mass is 283 g/mol. The Balaban J connectivity index is 0.00000169. The van der Waals surface area contributed by atoms with Crippen molar-refractivity contribution in [3.8, 4) is 5.75 Å². The maximum Gasteiger partial charge on any atom is 0.179 e. The Labute approximate surface area is 96.8 Å². The van der Waals surface area contributed by atoms with Crippen LogP contribution in [0.5, 0.6) is 5.75 Å². The molecule has 0 fully saturated rings. The predicted octanol–water partition coefficient (Wildman–Crippen LogP) is 3.13. The number of benzene rings is 1. The van der Waals surface area contributed by atoms with E-state index in [0.717, 1.165) is 0 Å². The van der Waals surface area contributed by atoms with E-state index in [1.165, 1.54) is 0 Å². The standard InChI is InChI=1S/C9H11BrFNO.ClH/c1-2-7(12)5-3-4-6(10)8(11)9(5)13;/h3-4,7,13H,2,12H2,1H3;1H/t7-;/m1./s1. The fourth-order valence-electron chi connectivity index (χ4n) is 1.07. The number of rotatable bonds is 2. The van der Waals surface area contributed by atoms with Gasteiger partial charge in [-0.1, -0.05) is 13.0 Å². The van der Waals surface area contributed by atoms with Gasteiger partial charge in [0.1, 0.15) is 0 Å². The SMILES string of the molecule is CC[C@@H](N)c1ccc(Br)c(F)c1O.Cl. The summed E-state index contributed by atoms with van der Waals surface area (Å²) in [6.07, 6.45) is 0.661. The molecular weight excluding hydrogens is 272 g/mol. The molecule has 0 saturated carbocycles. The van der Waals surface area contributed by atoms with E-state index in [1.54, 1.807) is 12.1 Å². The van der Waals surface area contributed by atoms with Gasteiger partial charge in [0.15, 0.2) is 11.6 Å². The van der Waals surface area contributed by atoms with E-state index in [-0.39, 0.29) is 28.7 Å². The maximum absolute atomic E-state index is 13.1. The van der Waals surface area contributed by atoms with Crippen LogP contribution < -0.4 is 5.73 Å². The molecule has 1 atom stereocenters. The fourth-order valence-corrected chi connectivity index (χ4v) is 1.39. The lowest BCUT2D eigenvalue weighted by Crippen LogP contribution is -2.09. The number of hydrogen-bond donors (Lipinski definition) is 2. The van der Waals surface area contributed by atoms with Crippen LogP contribution in [-0.2, 0) is 0 Å². The summed E-state index contributed by atoms with van der Waals surface area (Å²) in [4.78, 5) is 0. The Hall–Kier alpha value is -0.320. The van der Waals surface area contributed by atoms with E-state index in [1.807, 2.05) is 6.92 Å². The number of nitrogens with two attached hydrogens (primary N) is 1. The van der Waals surface area contributed by atoms with Gasteiger partial charge in [-0.05, 0) is 28.4 Å². The summed E-state index contributed by atoms with van der Waals surface area (Å²) in [7, 11) is 0. The van der Waals surface area contributed by atoms with E-state index >= 15 is 0 Å². The molecule has 0 aromatic heterocycles. The Bertz CT molecular complexity index is 322. The Morgan fingerprint density at radius 1 is 1.57 bits per heavy atom. The van der Waals surface area contributed by atoms with Gasteiger partial charge >= 0.3 is 0 Å². The second kappa shape index (κ2) is 5.53. The van der Waals surface area contributed by atoms with Crippen molar-refractivity contribution in [2.45, 2.75) is 19.4 Å². The quantitative estimate of drug-likeness (QED) is 0.876. The molecule has 1 aromatic rings. The van der Waals surface area contributed by atoms with Gasteiger partial charge in [0.25, 0.3) is 0 Å². The smallest absolute Gasteiger partial charge is 0.179 e. The number of halogens is 3. The van der Waals surface area contributed by atoms with Gasteiger partial charge in [-0.15, -0.1) is 12.4 Å². The molecule has 1 rings (SSSR count). The van der Waals surface area contributed by atoms with Crippen LogP contribution in [0.2, 0.25) is 0 Å². The molecule has 1 aromatic carbocycles. The highest BCUT2D eigenvalue weighted by atomic mass is 79.9. The largest absolute Gasteiger partial charge is 0.505 e. The molecule has 0 unspecified atom stereocenters. The molecule has 5 heteroatoms. The van der Waals surface area contributed by atoms with Crippen LogP contribution in [0.4, 0.5) is 4.39 Å². The Morgan fingerprint density at radius 3 is 2.64 bits per heavy atom. The Kier molecular flexibility index (Phi) is 5.41. The van der Waals surface area contributed by atoms with Crippen LogP contribution in [0.3, 0.4) is 0 Å². The highest BCUT2D eigenvalue weighted by Gasteiger charge is 2.14. The highest BCUT2D eigenvalue weighted by Crippen LogP contribution is 2.31. The first kappa shape index (κ1) is 13.7. The molecule has 0 amide bonds. The molecule has 0 aliphatic heterocycles. The van der Waals surface area contributed by atoms with E-state index in [0.29, 0.717) is 12.0 Å². The summed E-state index contributed by atoms with van der Waals surface area (Å²) in [5.74, 6) is -1.01. The molecule has 0 bridgehead atoms. The van der Waals surface area contributed by atoms with Crippen molar-refractivity contribution in [1.82, 2.24) is 0 Å². The van der Waals surface area contributed by atoms with Gasteiger partial charge in [0, 0.05) is 11.6 Å². The molecule has 14 heavy (non-hydrogen) atoms. The molecule has 0 radical (unpaired) electrons. The van der Waals surface area contributed by atoms with Gasteiger partial charge in [-0.2, -0.15) is 0 Å². The highest BCUT2D eigenvalue weighted by molar-refractivity contribution is 9.10. The summed E-state index contributed by atoms with van der Waals surface area (Å²) >= 11 is 2.98. The number of hydrogen-bond acceptors (Lipinski definition) is 2. The Morgan fingerprint density at radius 2 is 2.14 bits per heavy atom. The van der Waals surface area contributed by atoms with E-state index in [4.69, 9.17) is 5.73 Å². The second-order valence-corrected chi connectivity index (χ2v) is 3.67. The first-order chi connectivity index (χ1) is 6.07. The summed E-state index contributed by atoms with van der Waals surface area (Å²) in [6.45, 7) is 1.88. The zero-order valence-corrected chi connectivity index (χ0v) is 10.0. The lowest BCUT2D eigenvalue weighted by molar-refractivity contribution is 0.418. The zero-order chi connectivity index (χ0) is 10.0. The first-order valence-corrected chi connectivity index (χ1v) is 4.79. The molecule has 0 aliphatic carbocycles. The van der Waals surface area contributed by atoms with Crippen molar-refractivity contribution < 1.29 is 9.50 Å². The number of phenols is 1. The third-order valence-electron chi connectivity index (χ3n) is 1.94. The zero-order valence-electron chi connectivity index (χ0n) is 7.63. The number of aromatic hydroxyl groups is 1. The fraction of sp³-hybridized carbons (Fsp3) is 0.333. The van der Waals surface area contributed by atoms with Crippen molar-refractivity contribution in [3.05, 3.63) is 28.0 Å². The van der Waals surface area contributed by atoms with Crippen LogP contribution in [-0.4, -0.2) is 5.11 Å². The summed E-state index contributed by atoms with van der Waals surface area (Å²) in [5, 5.41) is 9.39. The maximum atomic E-state index is 13.1. The van der Waals surface area contributed by atoms with Crippen LogP contribution in [0.1, 0.15) is 24.9 Å². The third-order valence-corrected chi connectivity index (χ3v) is 2.55. The third kappa shape index (κ3) is 2.59.